The molecular formula is C13H15N5. The van der Waals surface area contributed by atoms with Crippen LogP contribution in [0.2, 0.25) is 0 Å². The molecule has 0 spiro atoms. The first-order chi connectivity index (χ1) is 8.63. The third-order valence-electron chi connectivity index (χ3n) is 2.23. The van der Waals surface area contributed by atoms with E-state index < -0.39 is 0 Å². The Morgan fingerprint density at radius 2 is 1.89 bits per heavy atom. The lowest BCUT2D eigenvalue weighted by Gasteiger charge is -2.19. The van der Waals surface area contributed by atoms with E-state index in [2.05, 4.69) is 28.0 Å². The van der Waals surface area contributed by atoms with Gasteiger partial charge in [0.25, 0.3) is 0 Å². The van der Waals surface area contributed by atoms with Crippen LogP contribution in [0.3, 0.4) is 0 Å². The molecule has 0 amide bonds. The third-order valence-corrected chi connectivity index (χ3v) is 2.23. The molecule has 0 saturated heterocycles. The number of allylic oxidation sites excluding steroid dienone is 1. The maximum absolute atomic E-state index is 8.77. The molecule has 5 heteroatoms. The number of benzene rings is 1. The van der Waals surface area contributed by atoms with E-state index in [0.29, 0.717) is 17.1 Å². The van der Waals surface area contributed by atoms with Gasteiger partial charge in [0.1, 0.15) is 0 Å². The molecule has 0 heterocycles. The van der Waals surface area contributed by atoms with E-state index in [4.69, 9.17) is 5.26 Å². The summed E-state index contributed by atoms with van der Waals surface area (Å²) in [6.07, 6.45) is 0. The van der Waals surface area contributed by atoms with Crippen molar-refractivity contribution >= 4 is 5.84 Å². The van der Waals surface area contributed by atoms with Crippen molar-refractivity contribution in [3.05, 3.63) is 47.7 Å². The van der Waals surface area contributed by atoms with Crippen LogP contribution in [-0.4, -0.2) is 24.9 Å². The quantitative estimate of drug-likeness (QED) is 0.353. The van der Waals surface area contributed by atoms with Gasteiger partial charge in [-0.1, -0.05) is 11.8 Å². The summed E-state index contributed by atoms with van der Waals surface area (Å²) >= 11 is 0. The lowest BCUT2D eigenvalue weighted by Crippen LogP contribution is -2.24. The summed E-state index contributed by atoms with van der Waals surface area (Å²) in [4.78, 5) is 4.20. The molecule has 0 aliphatic carbocycles. The van der Waals surface area contributed by atoms with Crippen LogP contribution in [0.1, 0.15) is 18.1 Å². The highest BCUT2D eigenvalue weighted by Gasteiger charge is 2.13. The SMILES string of the molecule is C=C(C)N(/N=N\C)/C(=N\C)c1ccc(C#N)cc1. The molecule has 0 atom stereocenters. The maximum Gasteiger partial charge on any atom is 0.157 e. The van der Waals surface area contributed by atoms with Gasteiger partial charge in [0.2, 0.25) is 0 Å². The third kappa shape index (κ3) is 3.01. The predicted molar refractivity (Wildman–Crippen MR) is 71.1 cm³/mol. The van der Waals surface area contributed by atoms with Crippen LogP contribution in [0.5, 0.6) is 0 Å². The molecule has 0 aliphatic heterocycles. The first-order valence-electron chi connectivity index (χ1n) is 5.36. The molecule has 1 aromatic rings. The molecule has 18 heavy (non-hydrogen) atoms. The van der Waals surface area contributed by atoms with Crippen LogP contribution in [0.15, 0.2) is 51.9 Å². The van der Waals surface area contributed by atoms with Gasteiger partial charge in [0, 0.05) is 18.3 Å². The number of rotatable bonds is 3. The molecule has 0 radical (unpaired) electrons. The van der Waals surface area contributed by atoms with Gasteiger partial charge < -0.3 is 0 Å². The van der Waals surface area contributed by atoms with Gasteiger partial charge >= 0.3 is 0 Å². The fourth-order valence-corrected chi connectivity index (χ4v) is 1.43. The Morgan fingerprint density at radius 1 is 1.28 bits per heavy atom. The zero-order valence-electron chi connectivity index (χ0n) is 10.8. The van der Waals surface area contributed by atoms with Crippen LogP contribution in [0.4, 0.5) is 0 Å². The summed E-state index contributed by atoms with van der Waals surface area (Å²) in [6, 6.07) is 9.19. The molecule has 0 fully saturated rings. The second-order valence-corrected chi connectivity index (χ2v) is 3.57. The van der Waals surface area contributed by atoms with Crippen LogP contribution >= 0.6 is 0 Å². The van der Waals surface area contributed by atoms with Crippen molar-refractivity contribution < 1.29 is 0 Å². The monoisotopic (exact) mass is 241 g/mol. The smallest absolute Gasteiger partial charge is 0.157 e. The molecule has 5 nitrogen and oxygen atoms in total. The first-order valence-corrected chi connectivity index (χ1v) is 5.36. The molecule has 0 aromatic heterocycles. The molecular weight excluding hydrogens is 226 g/mol. The molecule has 0 bridgehead atoms. The van der Waals surface area contributed by atoms with Gasteiger partial charge in [0.15, 0.2) is 5.84 Å². The molecule has 1 aromatic carbocycles. The number of amidine groups is 1. The van der Waals surface area contributed by atoms with Gasteiger partial charge in [0.05, 0.1) is 18.7 Å². The standard InChI is InChI=1S/C13H15N5/c1-10(2)18(17-16-4)13(15-3)12-7-5-11(9-14)6-8-12/h5-8H,1H2,2-4H3/b15-13-,17-16-. The second kappa shape index (κ2) is 6.30. The maximum atomic E-state index is 8.77. The summed E-state index contributed by atoms with van der Waals surface area (Å²) in [5.74, 6) is 0.637. The largest absolute Gasteiger partial charge is 0.270 e. The van der Waals surface area contributed by atoms with Gasteiger partial charge in [-0.25, -0.2) is 5.01 Å². The van der Waals surface area contributed by atoms with Crippen LogP contribution in [0, 0.1) is 11.3 Å². The molecule has 0 saturated carbocycles. The van der Waals surface area contributed by atoms with E-state index in [1.165, 1.54) is 0 Å². The van der Waals surface area contributed by atoms with Crippen molar-refractivity contribution in [2.45, 2.75) is 6.92 Å². The number of nitrogens with zero attached hydrogens (tertiary/aromatic N) is 5. The van der Waals surface area contributed by atoms with E-state index in [0.717, 1.165) is 5.56 Å². The minimum atomic E-state index is 0.605. The van der Waals surface area contributed by atoms with Crippen molar-refractivity contribution in [1.82, 2.24) is 5.01 Å². The van der Waals surface area contributed by atoms with Crippen molar-refractivity contribution in [3.63, 3.8) is 0 Å². The van der Waals surface area contributed by atoms with E-state index in [1.54, 1.807) is 31.2 Å². The minimum absolute atomic E-state index is 0.605. The van der Waals surface area contributed by atoms with Gasteiger partial charge in [-0.15, -0.1) is 0 Å². The molecule has 0 N–H and O–H groups in total. The Morgan fingerprint density at radius 3 is 2.28 bits per heavy atom. The lowest BCUT2D eigenvalue weighted by atomic mass is 10.1. The predicted octanol–water partition coefficient (Wildman–Crippen LogP) is 2.77. The lowest BCUT2D eigenvalue weighted by molar-refractivity contribution is 0.511. The normalized spacial score (nSPS) is 11.3. The summed E-state index contributed by atoms with van der Waals surface area (Å²) in [6.45, 7) is 5.66. The van der Waals surface area contributed by atoms with E-state index in [1.807, 2.05) is 19.1 Å². The highest BCUT2D eigenvalue weighted by Crippen LogP contribution is 2.13. The summed E-state index contributed by atoms with van der Waals surface area (Å²) in [5.41, 5.74) is 2.17. The Hall–Kier alpha value is -2.48. The topological polar surface area (TPSA) is 64.1 Å². The Balaban J connectivity index is 3.16. The zero-order valence-corrected chi connectivity index (χ0v) is 10.8. The molecule has 0 aliphatic rings. The summed E-state index contributed by atoms with van der Waals surface area (Å²) in [5, 5.41) is 18.0. The van der Waals surface area contributed by atoms with Crippen LogP contribution in [-0.2, 0) is 0 Å². The molecule has 1 rings (SSSR count). The zero-order chi connectivity index (χ0) is 13.5. The molecule has 0 unspecified atom stereocenters. The summed E-state index contributed by atoms with van der Waals surface area (Å²) in [7, 11) is 3.26. The number of hydrogen-bond acceptors (Lipinski definition) is 4. The van der Waals surface area contributed by atoms with E-state index >= 15 is 0 Å². The Bertz CT molecular complexity index is 519. The van der Waals surface area contributed by atoms with Crippen molar-refractivity contribution in [3.8, 4) is 6.07 Å². The number of nitriles is 1. The van der Waals surface area contributed by atoms with Crippen molar-refractivity contribution in [1.29, 1.82) is 5.26 Å². The Labute approximate surface area is 107 Å². The first kappa shape index (κ1) is 13.6. The van der Waals surface area contributed by atoms with Gasteiger partial charge in [-0.05, 0) is 31.2 Å². The highest BCUT2D eigenvalue weighted by atomic mass is 15.6. The average molecular weight is 241 g/mol. The van der Waals surface area contributed by atoms with Crippen LogP contribution < -0.4 is 0 Å². The fraction of sp³-hybridized carbons (Fsp3) is 0.231. The highest BCUT2D eigenvalue weighted by molar-refractivity contribution is 5.99. The van der Waals surface area contributed by atoms with Gasteiger partial charge in [-0.3, -0.25) is 4.99 Å². The van der Waals surface area contributed by atoms with Crippen molar-refractivity contribution in [2.24, 2.45) is 15.3 Å². The average Bonchev–Trinajstić information content (AvgIpc) is 2.39. The summed E-state index contributed by atoms with van der Waals surface area (Å²) < 4.78 is 0. The van der Waals surface area contributed by atoms with E-state index in [-0.39, 0.29) is 0 Å². The van der Waals surface area contributed by atoms with Gasteiger partial charge in [-0.2, -0.15) is 10.4 Å². The van der Waals surface area contributed by atoms with Crippen LogP contribution in [0.25, 0.3) is 0 Å². The Kier molecular flexibility index (Phi) is 4.76. The number of aliphatic imine (C=N–C) groups is 1. The fourth-order valence-electron chi connectivity index (χ4n) is 1.43. The second-order valence-electron chi connectivity index (χ2n) is 3.57. The van der Waals surface area contributed by atoms with Crippen molar-refractivity contribution in [2.75, 3.05) is 14.1 Å². The number of hydrogen-bond donors (Lipinski definition) is 0. The van der Waals surface area contributed by atoms with E-state index in [9.17, 15) is 0 Å². The minimum Gasteiger partial charge on any atom is -0.270 e. The molecule has 92 valence electrons.